The quantitative estimate of drug-likeness (QED) is 0.583. The van der Waals surface area contributed by atoms with Gasteiger partial charge in [-0.2, -0.15) is 5.26 Å². The molecule has 0 atom stereocenters. The number of amides is 2. The van der Waals surface area contributed by atoms with Gasteiger partial charge in [-0.25, -0.2) is 0 Å². The van der Waals surface area contributed by atoms with Crippen molar-refractivity contribution >= 4 is 17.6 Å². The lowest BCUT2D eigenvalue weighted by Crippen LogP contribution is -2.43. The van der Waals surface area contributed by atoms with Crippen molar-refractivity contribution in [3.63, 3.8) is 0 Å². The lowest BCUT2D eigenvalue weighted by atomic mass is 10.1. The summed E-state index contributed by atoms with van der Waals surface area (Å²) in [6, 6.07) is 16.9. The van der Waals surface area contributed by atoms with E-state index in [1.165, 1.54) is 0 Å². The average molecular weight is 351 g/mol. The fourth-order valence-electron chi connectivity index (χ4n) is 2.01. The maximum atomic E-state index is 11.9. The van der Waals surface area contributed by atoms with Crippen molar-refractivity contribution < 1.29 is 19.1 Å². The molecular weight excluding hydrogens is 334 g/mol. The molecule has 0 fully saturated rings. The van der Waals surface area contributed by atoms with Crippen molar-refractivity contribution in [2.24, 2.45) is 0 Å². The van der Waals surface area contributed by atoms with Crippen LogP contribution >= 0.6 is 0 Å². The molecule has 2 rings (SSSR count). The Morgan fingerprint density at radius 3 is 2.19 bits per heavy atom. The lowest BCUT2D eigenvalue weighted by Gasteiger charge is -2.08. The summed E-state index contributed by atoms with van der Waals surface area (Å²) < 4.78 is 5.23. The Morgan fingerprint density at radius 2 is 1.54 bits per heavy atom. The molecule has 0 saturated carbocycles. The van der Waals surface area contributed by atoms with Gasteiger partial charge in [0.25, 0.3) is 5.91 Å². The molecule has 7 heteroatoms. The Morgan fingerprint density at radius 1 is 0.885 bits per heavy atom. The van der Waals surface area contributed by atoms with Crippen LogP contribution in [0.25, 0.3) is 0 Å². The molecule has 132 valence electrons. The zero-order valence-corrected chi connectivity index (χ0v) is 13.9. The number of carbonyl (C=O) groups is 3. The minimum absolute atomic E-state index is 0.0372. The number of nitriles is 1. The average Bonchev–Trinajstić information content (AvgIpc) is 2.69. The fourth-order valence-corrected chi connectivity index (χ4v) is 2.01. The first-order valence-electron chi connectivity index (χ1n) is 7.87. The molecule has 0 spiro atoms. The molecule has 0 heterocycles. The standard InChI is InChI=1S/C19H17N3O4/c20-12-14-6-8-16(9-7-14)26-13-19(25)22-21-18(24)11-10-17(23)15-4-2-1-3-5-15/h1-9H,10-11,13H2,(H,21,24)(H,22,25). The van der Waals surface area contributed by atoms with Crippen molar-refractivity contribution in [3.05, 3.63) is 65.7 Å². The smallest absolute Gasteiger partial charge is 0.276 e. The van der Waals surface area contributed by atoms with Gasteiger partial charge in [0.05, 0.1) is 11.6 Å². The van der Waals surface area contributed by atoms with E-state index in [1.807, 2.05) is 6.07 Å². The van der Waals surface area contributed by atoms with Crippen molar-refractivity contribution in [1.82, 2.24) is 10.9 Å². The van der Waals surface area contributed by atoms with E-state index < -0.39 is 11.8 Å². The maximum Gasteiger partial charge on any atom is 0.276 e. The molecule has 0 aliphatic heterocycles. The monoisotopic (exact) mass is 351 g/mol. The van der Waals surface area contributed by atoms with E-state index in [0.717, 1.165) is 0 Å². The van der Waals surface area contributed by atoms with Crippen LogP contribution in [-0.4, -0.2) is 24.2 Å². The van der Waals surface area contributed by atoms with E-state index in [4.69, 9.17) is 10.00 Å². The lowest BCUT2D eigenvalue weighted by molar-refractivity contribution is -0.130. The van der Waals surface area contributed by atoms with Gasteiger partial charge in [0.15, 0.2) is 12.4 Å². The highest BCUT2D eigenvalue weighted by atomic mass is 16.5. The number of ether oxygens (including phenoxy) is 1. The molecule has 0 aliphatic carbocycles. The number of nitrogens with zero attached hydrogens (tertiary/aromatic N) is 1. The van der Waals surface area contributed by atoms with Crippen LogP contribution in [0.15, 0.2) is 54.6 Å². The summed E-state index contributed by atoms with van der Waals surface area (Å²) in [4.78, 5) is 35.2. The normalized spacial score (nSPS) is 9.65. The Hall–Kier alpha value is -3.66. The number of hydrogen-bond donors (Lipinski definition) is 2. The number of ketones is 1. The van der Waals surface area contributed by atoms with Gasteiger partial charge >= 0.3 is 0 Å². The molecular formula is C19H17N3O4. The van der Waals surface area contributed by atoms with Gasteiger partial charge in [-0.3, -0.25) is 25.2 Å². The maximum absolute atomic E-state index is 11.9. The molecule has 0 saturated heterocycles. The topological polar surface area (TPSA) is 108 Å². The molecule has 7 nitrogen and oxygen atoms in total. The van der Waals surface area contributed by atoms with Gasteiger partial charge in [-0.15, -0.1) is 0 Å². The predicted molar refractivity (Wildman–Crippen MR) is 92.9 cm³/mol. The number of benzene rings is 2. The largest absolute Gasteiger partial charge is 0.484 e. The molecule has 26 heavy (non-hydrogen) atoms. The minimum Gasteiger partial charge on any atom is -0.484 e. The Kier molecular flexibility index (Phi) is 6.89. The van der Waals surface area contributed by atoms with Crippen LogP contribution in [0.1, 0.15) is 28.8 Å². The summed E-state index contributed by atoms with van der Waals surface area (Å²) in [7, 11) is 0. The van der Waals surface area contributed by atoms with Gasteiger partial charge in [-0.05, 0) is 24.3 Å². The van der Waals surface area contributed by atoms with Gasteiger partial charge in [-0.1, -0.05) is 30.3 Å². The molecule has 2 N–H and O–H groups in total. The van der Waals surface area contributed by atoms with E-state index >= 15 is 0 Å². The highest BCUT2D eigenvalue weighted by Gasteiger charge is 2.10. The van der Waals surface area contributed by atoms with Crippen LogP contribution < -0.4 is 15.6 Å². The molecule has 0 bridgehead atoms. The number of hydrazine groups is 1. The van der Waals surface area contributed by atoms with E-state index in [2.05, 4.69) is 10.9 Å². The Bertz CT molecular complexity index is 811. The van der Waals surface area contributed by atoms with Gasteiger partial charge < -0.3 is 4.74 Å². The van der Waals surface area contributed by atoms with Gasteiger partial charge in [0.2, 0.25) is 5.91 Å². The second kappa shape index (κ2) is 9.59. The summed E-state index contributed by atoms with van der Waals surface area (Å²) in [6.07, 6.45) is 0.0119. The highest BCUT2D eigenvalue weighted by Crippen LogP contribution is 2.11. The third-order valence-corrected chi connectivity index (χ3v) is 3.37. The van der Waals surface area contributed by atoms with Crippen LogP contribution in [0.2, 0.25) is 0 Å². The van der Waals surface area contributed by atoms with Crippen LogP contribution in [0.4, 0.5) is 0 Å². The minimum atomic E-state index is -0.544. The van der Waals surface area contributed by atoms with Crippen LogP contribution in [0.5, 0.6) is 5.75 Å². The van der Waals surface area contributed by atoms with Crippen molar-refractivity contribution in [2.45, 2.75) is 12.8 Å². The molecule has 0 aliphatic rings. The summed E-state index contributed by atoms with van der Waals surface area (Å²) >= 11 is 0. The fraction of sp³-hybridized carbons (Fsp3) is 0.158. The summed E-state index contributed by atoms with van der Waals surface area (Å²) in [5.41, 5.74) is 5.47. The van der Waals surface area contributed by atoms with Crippen molar-refractivity contribution in [2.75, 3.05) is 6.61 Å². The zero-order valence-electron chi connectivity index (χ0n) is 13.9. The number of carbonyl (C=O) groups excluding carboxylic acids is 3. The van der Waals surface area contributed by atoms with Crippen LogP contribution in [-0.2, 0) is 9.59 Å². The first-order valence-corrected chi connectivity index (χ1v) is 7.87. The first kappa shape index (κ1) is 18.7. The summed E-state index contributed by atoms with van der Waals surface area (Å²) in [6.45, 7) is -0.297. The number of hydrogen-bond acceptors (Lipinski definition) is 5. The van der Waals surface area contributed by atoms with E-state index in [-0.39, 0.29) is 25.2 Å². The second-order valence-electron chi connectivity index (χ2n) is 5.31. The number of Topliss-reactive ketones (excluding diaryl/α,β-unsaturated/α-hetero) is 1. The Balaban J connectivity index is 1.65. The first-order chi connectivity index (χ1) is 12.6. The third-order valence-electron chi connectivity index (χ3n) is 3.37. The van der Waals surface area contributed by atoms with E-state index in [1.54, 1.807) is 54.6 Å². The second-order valence-corrected chi connectivity index (χ2v) is 5.31. The number of nitrogens with one attached hydrogen (secondary N) is 2. The van der Waals surface area contributed by atoms with Gasteiger partial charge in [0, 0.05) is 18.4 Å². The molecule has 0 unspecified atom stereocenters. The molecule has 2 aromatic carbocycles. The molecule has 2 aromatic rings. The Labute approximate surface area is 150 Å². The highest BCUT2D eigenvalue weighted by molar-refractivity contribution is 5.98. The van der Waals surface area contributed by atoms with Gasteiger partial charge in [0.1, 0.15) is 5.75 Å². The zero-order chi connectivity index (χ0) is 18.8. The molecule has 0 aromatic heterocycles. The SMILES string of the molecule is N#Cc1ccc(OCC(=O)NNC(=O)CCC(=O)c2ccccc2)cc1. The van der Waals surface area contributed by atoms with Crippen molar-refractivity contribution in [1.29, 1.82) is 5.26 Å². The third kappa shape index (κ3) is 6.09. The van der Waals surface area contributed by atoms with Crippen molar-refractivity contribution in [3.8, 4) is 11.8 Å². The molecule has 2 amide bonds. The summed E-state index contributed by atoms with van der Waals surface area (Å²) in [5, 5.41) is 8.70. The van der Waals surface area contributed by atoms with Crippen LogP contribution in [0.3, 0.4) is 0 Å². The molecule has 0 radical (unpaired) electrons. The van der Waals surface area contributed by atoms with Crippen LogP contribution in [0, 0.1) is 11.3 Å². The summed E-state index contributed by atoms with van der Waals surface area (Å²) in [5.74, 6) is -0.728. The number of rotatable bonds is 7. The van der Waals surface area contributed by atoms with E-state index in [0.29, 0.717) is 16.9 Å². The predicted octanol–water partition coefficient (Wildman–Crippen LogP) is 1.75. The van der Waals surface area contributed by atoms with E-state index in [9.17, 15) is 14.4 Å².